The van der Waals surface area contributed by atoms with E-state index in [1.165, 1.54) is 7.11 Å². The zero-order valence-corrected chi connectivity index (χ0v) is 19.2. The first-order valence-electron chi connectivity index (χ1n) is 9.96. The quantitative estimate of drug-likeness (QED) is 0.238. The summed E-state index contributed by atoms with van der Waals surface area (Å²) in [5.74, 6) is -1.08. The van der Waals surface area contributed by atoms with Crippen LogP contribution in [0.2, 0.25) is 0 Å². The number of benzene rings is 1. The molecule has 0 bridgehead atoms. The summed E-state index contributed by atoms with van der Waals surface area (Å²) in [6.07, 6.45) is 4.61. The van der Waals surface area contributed by atoms with E-state index < -0.39 is 29.9 Å². The Bertz CT molecular complexity index is 768. The Labute approximate surface area is 187 Å². The van der Waals surface area contributed by atoms with Gasteiger partial charge in [-0.25, -0.2) is 4.79 Å². The van der Waals surface area contributed by atoms with Gasteiger partial charge in [-0.3, -0.25) is 14.4 Å². The third kappa shape index (κ3) is 9.69. The molecule has 0 aliphatic rings. The number of nitrogens with one attached hydrogen (secondary N) is 3. The summed E-state index contributed by atoms with van der Waals surface area (Å²) in [5, 5.41) is 7.72. The highest BCUT2D eigenvalue weighted by molar-refractivity contribution is 7.98. The van der Waals surface area contributed by atoms with Crippen LogP contribution in [-0.2, 0) is 30.3 Å². The zero-order chi connectivity index (χ0) is 23.2. The van der Waals surface area contributed by atoms with Crippen molar-refractivity contribution in [3.8, 4) is 0 Å². The van der Waals surface area contributed by atoms with Gasteiger partial charge in [0.05, 0.1) is 7.11 Å². The SMILES string of the molecule is COC(=O)[C@H](Cc1ccccc1)NC(=O)/C(=C\C(C)C)NC(=O)[C@H](CCSC)NC=O. The predicted molar refractivity (Wildman–Crippen MR) is 121 cm³/mol. The summed E-state index contributed by atoms with van der Waals surface area (Å²) in [6.45, 7) is 3.71. The molecule has 0 unspecified atom stereocenters. The van der Waals surface area contributed by atoms with Gasteiger partial charge in [-0.05, 0) is 29.9 Å². The van der Waals surface area contributed by atoms with Crippen LogP contribution in [0.25, 0.3) is 0 Å². The molecular weight excluding hydrogens is 418 g/mol. The number of hydrogen-bond donors (Lipinski definition) is 3. The van der Waals surface area contributed by atoms with E-state index in [0.29, 0.717) is 18.6 Å². The first-order chi connectivity index (χ1) is 14.8. The highest BCUT2D eigenvalue weighted by Gasteiger charge is 2.26. The Balaban J connectivity index is 3.00. The van der Waals surface area contributed by atoms with Crippen molar-refractivity contribution in [2.75, 3.05) is 19.1 Å². The van der Waals surface area contributed by atoms with Crippen molar-refractivity contribution < 1.29 is 23.9 Å². The van der Waals surface area contributed by atoms with Gasteiger partial charge in [-0.15, -0.1) is 0 Å². The first kappa shape index (κ1) is 26.2. The minimum atomic E-state index is -0.923. The number of carbonyl (C=O) groups excluding carboxylic acids is 4. The molecule has 8 nitrogen and oxygen atoms in total. The topological polar surface area (TPSA) is 114 Å². The van der Waals surface area contributed by atoms with Crippen LogP contribution < -0.4 is 16.0 Å². The second-order valence-electron chi connectivity index (χ2n) is 7.17. The fourth-order valence-corrected chi connectivity index (χ4v) is 3.23. The molecule has 3 N–H and O–H groups in total. The number of thioether (sulfide) groups is 1. The van der Waals surface area contributed by atoms with E-state index in [-0.39, 0.29) is 18.0 Å². The van der Waals surface area contributed by atoms with Crippen molar-refractivity contribution >= 4 is 36.0 Å². The highest BCUT2D eigenvalue weighted by atomic mass is 32.2. The van der Waals surface area contributed by atoms with Crippen molar-refractivity contribution in [2.24, 2.45) is 5.92 Å². The van der Waals surface area contributed by atoms with E-state index in [9.17, 15) is 19.2 Å². The fourth-order valence-electron chi connectivity index (χ4n) is 2.76. The molecule has 0 aliphatic carbocycles. The Hall–Kier alpha value is -2.81. The third-order valence-corrected chi connectivity index (χ3v) is 4.92. The summed E-state index contributed by atoms with van der Waals surface area (Å²) < 4.78 is 4.83. The minimum Gasteiger partial charge on any atom is -0.467 e. The molecule has 1 aromatic carbocycles. The minimum absolute atomic E-state index is 0.0174. The first-order valence-corrected chi connectivity index (χ1v) is 11.4. The van der Waals surface area contributed by atoms with E-state index >= 15 is 0 Å². The van der Waals surface area contributed by atoms with E-state index in [4.69, 9.17) is 4.74 Å². The number of allylic oxidation sites excluding steroid dienone is 1. The number of rotatable bonds is 13. The lowest BCUT2D eigenvalue weighted by Gasteiger charge is -2.20. The van der Waals surface area contributed by atoms with Crippen molar-refractivity contribution in [1.82, 2.24) is 16.0 Å². The maximum atomic E-state index is 12.9. The number of carbonyl (C=O) groups is 4. The molecule has 0 fully saturated rings. The van der Waals surface area contributed by atoms with Gasteiger partial charge < -0.3 is 20.7 Å². The van der Waals surface area contributed by atoms with Gasteiger partial charge in [0.2, 0.25) is 12.3 Å². The van der Waals surface area contributed by atoms with Gasteiger partial charge in [-0.2, -0.15) is 11.8 Å². The van der Waals surface area contributed by atoms with Crippen LogP contribution in [0.1, 0.15) is 25.8 Å². The lowest BCUT2D eigenvalue weighted by Crippen LogP contribution is -2.49. The summed E-state index contributed by atoms with van der Waals surface area (Å²) in [7, 11) is 1.25. The summed E-state index contributed by atoms with van der Waals surface area (Å²) >= 11 is 1.54. The van der Waals surface area contributed by atoms with Crippen LogP contribution in [-0.4, -0.2) is 55.4 Å². The van der Waals surface area contributed by atoms with Crippen LogP contribution in [0, 0.1) is 5.92 Å². The van der Waals surface area contributed by atoms with Gasteiger partial charge in [0, 0.05) is 6.42 Å². The maximum Gasteiger partial charge on any atom is 0.328 e. The third-order valence-electron chi connectivity index (χ3n) is 4.27. The van der Waals surface area contributed by atoms with Crippen LogP contribution in [0.15, 0.2) is 42.1 Å². The average Bonchev–Trinajstić information content (AvgIpc) is 2.75. The highest BCUT2D eigenvalue weighted by Crippen LogP contribution is 2.08. The molecule has 2 atom stereocenters. The number of hydrogen-bond acceptors (Lipinski definition) is 6. The van der Waals surface area contributed by atoms with Gasteiger partial charge in [-0.1, -0.05) is 50.3 Å². The Morgan fingerprint density at radius 3 is 2.35 bits per heavy atom. The second-order valence-corrected chi connectivity index (χ2v) is 8.16. The van der Waals surface area contributed by atoms with E-state index in [1.54, 1.807) is 17.8 Å². The Kier molecular flexibility index (Phi) is 12.0. The summed E-state index contributed by atoms with van der Waals surface area (Å²) in [5.41, 5.74) is 0.868. The molecule has 1 rings (SSSR count). The fraction of sp³-hybridized carbons (Fsp3) is 0.455. The second kappa shape index (κ2) is 14.2. The van der Waals surface area contributed by atoms with Crippen LogP contribution >= 0.6 is 11.8 Å². The average molecular weight is 450 g/mol. The van der Waals surface area contributed by atoms with Crippen LogP contribution in [0.3, 0.4) is 0 Å². The predicted octanol–water partition coefficient (Wildman–Crippen LogP) is 1.41. The molecule has 170 valence electrons. The van der Waals surface area contributed by atoms with Gasteiger partial charge in [0.1, 0.15) is 17.8 Å². The summed E-state index contributed by atoms with van der Waals surface area (Å²) in [6, 6.07) is 7.53. The molecule has 9 heteroatoms. The molecule has 0 heterocycles. The van der Waals surface area contributed by atoms with Gasteiger partial charge in [0.15, 0.2) is 0 Å². The number of esters is 1. The summed E-state index contributed by atoms with van der Waals surface area (Å²) in [4.78, 5) is 48.7. The lowest BCUT2D eigenvalue weighted by molar-refractivity contribution is -0.144. The van der Waals surface area contributed by atoms with Crippen molar-refractivity contribution in [2.45, 2.75) is 38.8 Å². The molecule has 0 aliphatic heterocycles. The van der Waals surface area contributed by atoms with Gasteiger partial charge >= 0.3 is 5.97 Å². The maximum absolute atomic E-state index is 12.9. The molecule has 0 saturated heterocycles. The number of amides is 3. The molecule has 0 aromatic heterocycles. The van der Waals surface area contributed by atoms with Crippen molar-refractivity contribution in [3.05, 3.63) is 47.7 Å². The molecule has 0 spiro atoms. The van der Waals surface area contributed by atoms with E-state index in [0.717, 1.165) is 5.56 Å². The van der Waals surface area contributed by atoms with E-state index in [2.05, 4.69) is 16.0 Å². The van der Waals surface area contributed by atoms with Gasteiger partial charge in [0.25, 0.3) is 5.91 Å². The molecule has 1 aromatic rings. The monoisotopic (exact) mass is 449 g/mol. The Morgan fingerprint density at radius 2 is 1.81 bits per heavy atom. The normalized spacial score (nSPS) is 13.1. The van der Waals surface area contributed by atoms with Crippen molar-refractivity contribution in [1.29, 1.82) is 0 Å². The van der Waals surface area contributed by atoms with Crippen LogP contribution in [0.5, 0.6) is 0 Å². The molecule has 3 amide bonds. The molecule has 31 heavy (non-hydrogen) atoms. The standard InChI is InChI=1S/C22H31N3O5S/c1-15(2)12-18(24-20(27)17(23-14-26)10-11-31-4)21(28)25-19(22(29)30-3)13-16-8-6-5-7-9-16/h5-9,12,14-15,17,19H,10-11,13H2,1-4H3,(H,23,26)(H,24,27)(H,25,28)/b18-12+/t17-,19-/m0/s1. The van der Waals surface area contributed by atoms with E-state index in [1.807, 2.05) is 50.4 Å². The largest absolute Gasteiger partial charge is 0.467 e. The molecule has 0 saturated carbocycles. The number of ether oxygens (including phenoxy) is 1. The molecular formula is C22H31N3O5S. The van der Waals surface area contributed by atoms with Crippen molar-refractivity contribution in [3.63, 3.8) is 0 Å². The lowest BCUT2D eigenvalue weighted by atomic mass is 10.1. The molecule has 0 radical (unpaired) electrons. The smallest absolute Gasteiger partial charge is 0.328 e. The van der Waals surface area contributed by atoms with Crippen LogP contribution in [0.4, 0.5) is 0 Å². The number of methoxy groups -OCH3 is 1. The Morgan fingerprint density at radius 1 is 1.13 bits per heavy atom. The zero-order valence-electron chi connectivity index (χ0n) is 18.3.